The molecule has 0 saturated carbocycles. The number of benzene rings is 3. The van der Waals surface area contributed by atoms with Crippen LogP contribution in [0.3, 0.4) is 0 Å². The average Bonchev–Trinajstić information content (AvgIpc) is 3.62. The largest absolute Gasteiger partial charge is 0.373 e. The van der Waals surface area contributed by atoms with E-state index < -0.39 is 5.82 Å². The highest BCUT2D eigenvalue weighted by Gasteiger charge is 2.29. The molecular formula is C30H28Cl2FN9. The van der Waals surface area contributed by atoms with E-state index in [0.717, 1.165) is 22.6 Å². The average molecular weight is 605 g/mol. The molecule has 3 heterocycles. The molecule has 9 nitrogen and oxygen atoms in total. The molecular weight excluding hydrogens is 576 g/mol. The second-order valence-corrected chi connectivity index (χ2v) is 11.2. The molecule has 6 rings (SSSR count). The minimum Gasteiger partial charge on any atom is -0.373 e. The first-order valence-corrected chi connectivity index (χ1v) is 14.1. The number of hydrazine groups is 3. The highest BCUT2D eigenvalue weighted by molar-refractivity contribution is 6.36. The Hall–Kier alpha value is -4.27. The lowest BCUT2D eigenvalue weighted by Crippen LogP contribution is -2.41. The highest BCUT2D eigenvalue weighted by Crippen LogP contribution is 2.39. The van der Waals surface area contributed by atoms with Crippen LogP contribution in [0.4, 0.5) is 27.1 Å². The summed E-state index contributed by atoms with van der Waals surface area (Å²) in [6.45, 7) is 4.89. The van der Waals surface area contributed by atoms with Gasteiger partial charge in [0, 0.05) is 48.8 Å². The number of nitriles is 1. The Morgan fingerprint density at radius 1 is 1.10 bits per heavy atom. The number of rotatable bonds is 7. The lowest BCUT2D eigenvalue weighted by Gasteiger charge is -2.24. The second-order valence-electron chi connectivity index (χ2n) is 10.4. The van der Waals surface area contributed by atoms with Crippen molar-refractivity contribution in [1.82, 2.24) is 26.4 Å². The van der Waals surface area contributed by atoms with E-state index in [0.29, 0.717) is 39.4 Å². The van der Waals surface area contributed by atoms with Crippen molar-refractivity contribution in [3.63, 3.8) is 0 Å². The Kier molecular flexibility index (Phi) is 7.43. The molecule has 42 heavy (non-hydrogen) atoms. The van der Waals surface area contributed by atoms with Crippen molar-refractivity contribution in [1.29, 1.82) is 5.26 Å². The van der Waals surface area contributed by atoms with E-state index in [4.69, 9.17) is 23.2 Å². The maximum atomic E-state index is 13.8. The number of hydrogen-bond donors (Lipinski definition) is 5. The summed E-state index contributed by atoms with van der Waals surface area (Å²) in [4.78, 5) is 4.46. The summed E-state index contributed by atoms with van der Waals surface area (Å²) < 4.78 is 13.8. The Bertz CT molecular complexity index is 1770. The summed E-state index contributed by atoms with van der Waals surface area (Å²) in [6, 6.07) is 16.4. The van der Waals surface area contributed by atoms with Crippen molar-refractivity contribution in [3.8, 4) is 6.07 Å². The Labute approximate surface area is 252 Å². The molecule has 4 aromatic rings. The molecule has 0 saturated heterocycles. The lowest BCUT2D eigenvalue weighted by atomic mass is 9.96. The number of nitrogens with zero attached hydrogens (tertiary/aromatic N) is 4. The molecule has 0 unspecified atom stereocenters. The first-order valence-electron chi connectivity index (χ1n) is 13.3. The zero-order valence-electron chi connectivity index (χ0n) is 23.1. The third-order valence-corrected chi connectivity index (χ3v) is 7.95. The molecule has 0 radical (unpaired) electrons. The van der Waals surface area contributed by atoms with Crippen LogP contribution in [0.15, 0.2) is 66.6 Å². The number of fused-ring (bicyclic) bond motifs is 2. The van der Waals surface area contributed by atoms with Crippen molar-refractivity contribution < 1.29 is 4.39 Å². The van der Waals surface area contributed by atoms with Gasteiger partial charge in [0.15, 0.2) is 0 Å². The molecule has 0 fully saturated rings. The molecule has 2 aliphatic rings. The minimum absolute atomic E-state index is 0.0305. The summed E-state index contributed by atoms with van der Waals surface area (Å²) in [5.41, 5.74) is 16.8. The molecule has 0 spiro atoms. The number of nitrogens with one attached hydrogen (secondary N) is 5. The molecule has 3 aromatic carbocycles. The molecule has 2 aliphatic heterocycles. The van der Waals surface area contributed by atoms with Crippen LogP contribution in [-0.2, 0) is 6.54 Å². The lowest BCUT2D eigenvalue weighted by molar-refractivity contribution is 0.221. The fourth-order valence-corrected chi connectivity index (χ4v) is 5.64. The Morgan fingerprint density at radius 2 is 1.90 bits per heavy atom. The van der Waals surface area contributed by atoms with Gasteiger partial charge >= 0.3 is 0 Å². The Balaban J connectivity index is 1.46. The maximum absolute atomic E-state index is 13.8. The van der Waals surface area contributed by atoms with E-state index in [1.807, 2.05) is 35.3 Å². The van der Waals surface area contributed by atoms with Gasteiger partial charge in [-0.3, -0.25) is 9.99 Å². The minimum atomic E-state index is -0.531. The maximum Gasteiger partial charge on any atom is 0.141 e. The summed E-state index contributed by atoms with van der Waals surface area (Å²) in [6.07, 6.45) is 3.52. The van der Waals surface area contributed by atoms with E-state index >= 15 is 0 Å². The van der Waals surface area contributed by atoms with Crippen LogP contribution in [0.1, 0.15) is 36.6 Å². The first-order chi connectivity index (χ1) is 20.2. The number of anilines is 4. The fourth-order valence-electron chi connectivity index (χ4n) is 5.19. The molecule has 12 heteroatoms. The van der Waals surface area contributed by atoms with Gasteiger partial charge in [0.2, 0.25) is 0 Å². The number of aromatic nitrogens is 1. The van der Waals surface area contributed by atoms with Crippen LogP contribution in [0.2, 0.25) is 10.0 Å². The first kappa shape index (κ1) is 27.9. The molecule has 1 aromatic heterocycles. The molecule has 1 atom stereocenters. The van der Waals surface area contributed by atoms with Gasteiger partial charge in [0.25, 0.3) is 0 Å². The molecule has 0 amide bonds. The summed E-state index contributed by atoms with van der Waals surface area (Å²) in [7, 11) is 2.00. The molecule has 5 N–H and O–H groups in total. The van der Waals surface area contributed by atoms with Crippen LogP contribution in [0, 0.1) is 17.1 Å². The van der Waals surface area contributed by atoms with Crippen molar-refractivity contribution in [2.45, 2.75) is 32.5 Å². The molecule has 0 aliphatic carbocycles. The SMILES string of the molecule is CC(C)N1C=C([C@@H](Nc2cc(Cl)c3ncc(C#N)c(Nc4ccc(F)c(Cl)c4)c3c2)c2cccc3c2CNN3C)NN1. The van der Waals surface area contributed by atoms with Gasteiger partial charge in [-0.15, -0.1) is 5.53 Å². The summed E-state index contributed by atoms with van der Waals surface area (Å²) in [5, 5.41) is 21.9. The predicted octanol–water partition coefficient (Wildman–Crippen LogP) is 6.48. The van der Waals surface area contributed by atoms with Gasteiger partial charge in [-0.25, -0.2) is 9.82 Å². The topological polar surface area (TPSA) is 103 Å². The van der Waals surface area contributed by atoms with E-state index in [9.17, 15) is 9.65 Å². The van der Waals surface area contributed by atoms with Crippen molar-refractivity contribution >= 4 is 56.9 Å². The zero-order chi connectivity index (χ0) is 29.5. The molecule has 214 valence electrons. The summed E-state index contributed by atoms with van der Waals surface area (Å²) >= 11 is 12.8. The smallest absolute Gasteiger partial charge is 0.141 e. The van der Waals surface area contributed by atoms with Gasteiger partial charge in [0.1, 0.15) is 11.9 Å². The number of hydrogen-bond acceptors (Lipinski definition) is 9. The van der Waals surface area contributed by atoms with Gasteiger partial charge in [0.05, 0.1) is 44.2 Å². The van der Waals surface area contributed by atoms with Gasteiger partial charge in [-0.1, -0.05) is 35.3 Å². The van der Waals surface area contributed by atoms with Gasteiger partial charge in [-0.05, 0) is 61.4 Å². The van der Waals surface area contributed by atoms with Crippen LogP contribution >= 0.6 is 23.2 Å². The van der Waals surface area contributed by atoms with Crippen molar-refractivity contribution in [3.05, 3.63) is 99.2 Å². The second kappa shape index (κ2) is 11.2. The fraction of sp³-hybridized carbons (Fsp3) is 0.200. The predicted molar refractivity (Wildman–Crippen MR) is 166 cm³/mol. The monoisotopic (exact) mass is 603 g/mol. The number of halogens is 3. The quantitative estimate of drug-likeness (QED) is 0.162. The van der Waals surface area contributed by atoms with E-state index in [2.05, 4.69) is 70.3 Å². The third-order valence-electron chi connectivity index (χ3n) is 7.37. The van der Waals surface area contributed by atoms with Crippen LogP contribution < -0.4 is 32.0 Å². The zero-order valence-corrected chi connectivity index (χ0v) is 24.6. The number of pyridine rings is 1. The van der Waals surface area contributed by atoms with E-state index in [1.165, 1.54) is 23.9 Å². The Morgan fingerprint density at radius 3 is 2.64 bits per heavy atom. The molecule has 0 bridgehead atoms. The van der Waals surface area contributed by atoms with Crippen LogP contribution in [-0.4, -0.2) is 23.1 Å². The van der Waals surface area contributed by atoms with Gasteiger partial charge < -0.3 is 21.1 Å². The standard InChI is InChI=1S/C30H28Cl2FN9/c1-16(2)42-15-26(39-40-42)30(20-5-4-6-27-22(20)14-36-41(27)3)38-19-9-21-28(37-18-7-8-25(33)23(31)10-18)17(12-34)13-35-29(21)24(32)11-19/h4-11,13,15-16,30,36,38-40H,14H2,1-3H3,(H,35,37)/t30-/m0/s1. The van der Waals surface area contributed by atoms with Crippen LogP contribution in [0.25, 0.3) is 10.9 Å². The summed E-state index contributed by atoms with van der Waals surface area (Å²) in [5.74, 6) is -0.531. The van der Waals surface area contributed by atoms with Crippen molar-refractivity contribution in [2.24, 2.45) is 0 Å². The van der Waals surface area contributed by atoms with Gasteiger partial charge in [-0.2, -0.15) is 5.26 Å². The normalized spacial score (nSPS) is 15.0. The van der Waals surface area contributed by atoms with Crippen LogP contribution in [0.5, 0.6) is 0 Å². The van der Waals surface area contributed by atoms with Crippen molar-refractivity contribution in [2.75, 3.05) is 22.7 Å². The third kappa shape index (κ3) is 5.12. The van der Waals surface area contributed by atoms with E-state index in [-0.39, 0.29) is 17.1 Å². The highest BCUT2D eigenvalue weighted by atomic mass is 35.5. The van der Waals surface area contributed by atoms with E-state index in [1.54, 1.807) is 6.07 Å².